The molecule has 150 valence electrons. The molecule has 0 radical (unpaired) electrons. The molecule has 3 aromatic rings. The summed E-state index contributed by atoms with van der Waals surface area (Å²) < 4.78 is 11.6. The number of para-hydroxylation sites is 1. The first kappa shape index (κ1) is 18.5. The van der Waals surface area contributed by atoms with Crippen LogP contribution in [0.5, 0.6) is 0 Å². The summed E-state index contributed by atoms with van der Waals surface area (Å²) in [6.45, 7) is 0.970. The van der Waals surface area contributed by atoms with Crippen LogP contribution in [0.3, 0.4) is 0 Å². The van der Waals surface area contributed by atoms with Crippen LogP contribution < -0.4 is 4.90 Å². The lowest BCUT2D eigenvalue weighted by Gasteiger charge is -2.22. The second-order valence-corrected chi connectivity index (χ2v) is 7.30. The lowest BCUT2D eigenvalue weighted by Crippen LogP contribution is -2.40. The van der Waals surface area contributed by atoms with Gasteiger partial charge in [-0.15, -0.1) is 0 Å². The molecule has 3 aromatic carbocycles. The minimum atomic E-state index is -1.46. The fourth-order valence-electron chi connectivity index (χ4n) is 4.18. The van der Waals surface area contributed by atoms with E-state index in [-0.39, 0.29) is 5.91 Å². The summed E-state index contributed by atoms with van der Waals surface area (Å²) in [5, 5.41) is 11.3. The third-order valence-electron chi connectivity index (χ3n) is 5.47. The Morgan fingerprint density at radius 1 is 1.03 bits per heavy atom. The quantitative estimate of drug-likeness (QED) is 0.675. The van der Waals surface area contributed by atoms with Crippen molar-refractivity contribution in [1.82, 2.24) is 0 Å². The lowest BCUT2D eigenvalue weighted by molar-refractivity contribution is -0.180. The number of carboxylic acid groups (broad SMARTS) is 1. The molecule has 1 saturated heterocycles. The SMILES string of the molecule is O=C(O)/C=C/c1cccc2c1N(Cc1ccc3ccccc3c1)C(=O)C21OCCO1. The zero-order chi connectivity index (χ0) is 20.7. The van der Waals surface area contributed by atoms with Gasteiger partial charge in [0.15, 0.2) is 0 Å². The number of anilines is 1. The molecule has 1 spiro atoms. The molecule has 2 heterocycles. The zero-order valence-electron chi connectivity index (χ0n) is 16.1. The van der Waals surface area contributed by atoms with Crippen molar-refractivity contribution >= 4 is 34.4 Å². The second kappa shape index (κ2) is 7.09. The molecule has 1 fully saturated rings. The van der Waals surface area contributed by atoms with E-state index >= 15 is 0 Å². The zero-order valence-corrected chi connectivity index (χ0v) is 16.1. The molecule has 1 N–H and O–H groups in total. The van der Waals surface area contributed by atoms with Gasteiger partial charge in [0, 0.05) is 11.6 Å². The highest BCUT2D eigenvalue weighted by Gasteiger charge is 2.56. The summed E-state index contributed by atoms with van der Waals surface area (Å²) >= 11 is 0. The average molecular weight is 401 g/mol. The monoisotopic (exact) mass is 401 g/mol. The van der Waals surface area contributed by atoms with E-state index in [4.69, 9.17) is 14.6 Å². The topological polar surface area (TPSA) is 76.1 Å². The normalized spacial score (nSPS) is 17.3. The minimum Gasteiger partial charge on any atom is -0.478 e. The van der Waals surface area contributed by atoms with E-state index in [1.54, 1.807) is 23.1 Å². The Kier molecular flexibility index (Phi) is 4.38. The van der Waals surface area contributed by atoms with Crippen molar-refractivity contribution in [2.75, 3.05) is 18.1 Å². The van der Waals surface area contributed by atoms with Crippen LogP contribution in [0.25, 0.3) is 16.8 Å². The van der Waals surface area contributed by atoms with Gasteiger partial charge >= 0.3 is 5.97 Å². The van der Waals surface area contributed by atoms with Crippen molar-refractivity contribution in [3.63, 3.8) is 0 Å². The van der Waals surface area contributed by atoms with Crippen molar-refractivity contribution in [3.05, 3.63) is 83.4 Å². The summed E-state index contributed by atoms with van der Waals surface area (Å²) in [7, 11) is 0. The Labute approximate surface area is 172 Å². The first-order valence-corrected chi connectivity index (χ1v) is 9.70. The van der Waals surface area contributed by atoms with Gasteiger partial charge in [0.05, 0.1) is 25.4 Å². The Hall–Kier alpha value is -3.48. The molecule has 2 aliphatic rings. The van der Waals surface area contributed by atoms with Crippen molar-refractivity contribution in [3.8, 4) is 0 Å². The van der Waals surface area contributed by atoms with Crippen LogP contribution >= 0.6 is 0 Å². The summed E-state index contributed by atoms with van der Waals surface area (Å²) in [6, 6.07) is 19.5. The summed E-state index contributed by atoms with van der Waals surface area (Å²) in [5.41, 5.74) is 2.81. The van der Waals surface area contributed by atoms with Crippen LogP contribution in [-0.2, 0) is 31.4 Å². The number of aliphatic carboxylic acids is 1. The van der Waals surface area contributed by atoms with Crippen LogP contribution in [0.4, 0.5) is 5.69 Å². The van der Waals surface area contributed by atoms with Gasteiger partial charge in [0.1, 0.15) is 0 Å². The fraction of sp³-hybridized carbons (Fsp3) is 0.167. The standard InChI is InChI=1S/C24H19NO5/c26-21(27)11-10-18-6-3-7-20-22(18)25(23(28)24(20)29-12-13-30-24)15-16-8-9-17-4-1-2-5-19(17)14-16/h1-11,14H,12-13,15H2,(H,26,27)/b11-10+. The molecule has 0 unspecified atom stereocenters. The number of hydrogen-bond donors (Lipinski definition) is 1. The molecule has 0 bridgehead atoms. The third-order valence-corrected chi connectivity index (χ3v) is 5.47. The third kappa shape index (κ3) is 2.89. The Morgan fingerprint density at radius 3 is 2.57 bits per heavy atom. The predicted octanol–water partition coefficient (Wildman–Crippen LogP) is 3.68. The van der Waals surface area contributed by atoms with Gasteiger partial charge in [-0.05, 0) is 34.0 Å². The molecule has 0 aromatic heterocycles. The molecule has 6 nitrogen and oxygen atoms in total. The predicted molar refractivity (Wildman–Crippen MR) is 112 cm³/mol. The van der Waals surface area contributed by atoms with Gasteiger partial charge < -0.3 is 19.5 Å². The first-order chi connectivity index (χ1) is 14.6. The number of carbonyl (C=O) groups excluding carboxylic acids is 1. The Bertz CT molecular complexity index is 1190. The number of carbonyl (C=O) groups is 2. The van der Waals surface area contributed by atoms with Crippen LogP contribution in [0.15, 0.2) is 66.7 Å². The van der Waals surface area contributed by atoms with E-state index in [1.165, 1.54) is 6.08 Å². The van der Waals surface area contributed by atoms with E-state index in [0.29, 0.717) is 36.6 Å². The van der Waals surface area contributed by atoms with Gasteiger partial charge in [-0.3, -0.25) is 4.79 Å². The largest absolute Gasteiger partial charge is 0.478 e. The highest BCUT2D eigenvalue weighted by Crippen LogP contribution is 2.48. The van der Waals surface area contributed by atoms with Crippen molar-refractivity contribution in [2.24, 2.45) is 0 Å². The number of benzene rings is 3. The van der Waals surface area contributed by atoms with E-state index in [9.17, 15) is 9.59 Å². The first-order valence-electron chi connectivity index (χ1n) is 9.70. The van der Waals surface area contributed by atoms with Crippen molar-refractivity contribution in [2.45, 2.75) is 12.3 Å². The Balaban J connectivity index is 1.61. The molecule has 5 rings (SSSR count). The number of rotatable bonds is 4. The van der Waals surface area contributed by atoms with Gasteiger partial charge in [0.2, 0.25) is 0 Å². The van der Waals surface area contributed by atoms with Crippen LogP contribution in [0, 0.1) is 0 Å². The number of carboxylic acids is 1. The van der Waals surface area contributed by atoms with Crippen LogP contribution in [0.2, 0.25) is 0 Å². The number of fused-ring (bicyclic) bond motifs is 3. The Morgan fingerprint density at radius 2 is 1.80 bits per heavy atom. The minimum absolute atomic E-state index is 0.292. The molecular weight excluding hydrogens is 382 g/mol. The van der Waals surface area contributed by atoms with Crippen molar-refractivity contribution < 1.29 is 24.2 Å². The highest BCUT2D eigenvalue weighted by molar-refractivity contribution is 6.08. The van der Waals surface area contributed by atoms with Crippen molar-refractivity contribution in [1.29, 1.82) is 0 Å². The van der Waals surface area contributed by atoms with Gasteiger partial charge in [-0.2, -0.15) is 0 Å². The van der Waals surface area contributed by atoms with E-state index < -0.39 is 11.8 Å². The van der Waals surface area contributed by atoms with Gasteiger partial charge in [-0.1, -0.05) is 54.6 Å². The molecule has 1 amide bonds. The van der Waals surface area contributed by atoms with E-state index in [1.807, 2.05) is 36.4 Å². The highest BCUT2D eigenvalue weighted by atomic mass is 16.7. The molecule has 0 atom stereocenters. The fourth-order valence-corrected chi connectivity index (χ4v) is 4.18. The van der Waals surface area contributed by atoms with Crippen LogP contribution in [0.1, 0.15) is 16.7 Å². The number of amides is 1. The molecule has 2 aliphatic heterocycles. The summed E-state index contributed by atoms with van der Waals surface area (Å²) in [5.74, 6) is -2.81. The lowest BCUT2D eigenvalue weighted by atomic mass is 10.0. The molecule has 0 saturated carbocycles. The number of ether oxygens (including phenoxy) is 2. The smallest absolute Gasteiger partial charge is 0.328 e. The van der Waals surface area contributed by atoms with Crippen LogP contribution in [-0.4, -0.2) is 30.2 Å². The molecule has 30 heavy (non-hydrogen) atoms. The van der Waals surface area contributed by atoms with Gasteiger partial charge in [0.25, 0.3) is 11.7 Å². The van der Waals surface area contributed by atoms with Gasteiger partial charge in [-0.25, -0.2) is 4.79 Å². The maximum atomic E-state index is 13.5. The maximum absolute atomic E-state index is 13.5. The molecule has 6 heteroatoms. The maximum Gasteiger partial charge on any atom is 0.328 e. The number of hydrogen-bond acceptors (Lipinski definition) is 4. The number of nitrogens with zero attached hydrogens (tertiary/aromatic N) is 1. The summed E-state index contributed by atoms with van der Waals surface area (Å²) in [4.78, 5) is 26.2. The molecular formula is C24H19NO5. The molecule has 0 aliphatic carbocycles. The summed E-state index contributed by atoms with van der Waals surface area (Å²) in [6.07, 6.45) is 2.56. The second-order valence-electron chi connectivity index (χ2n) is 7.30. The average Bonchev–Trinajstić information content (AvgIpc) is 3.33. The van der Waals surface area contributed by atoms with E-state index in [0.717, 1.165) is 22.4 Å². The van der Waals surface area contributed by atoms with E-state index in [2.05, 4.69) is 6.07 Å².